The normalized spacial score (nSPS) is 13.6. The zero-order valence-corrected chi connectivity index (χ0v) is 6.99. The van der Waals surface area contributed by atoms with Crippen LogP contribution in [0.3, 0.4) is 0 Å². The van der Waals surface area contributed by atoms with Gasteiger partial charge in [0.1, 0.15) is 0 Å². The van der Waals surface area contributed by atoms with Gasteiger partial charge in [0.05, 0.1) is 6.61 Å². The molecular formula is C9H16O2. The van der Waals surface area contributed by atoms with Gasteiger partial charge in [-0.1, -0.05) is 32.1 Å². The minimum absolute atomic E-state index is 0.610. The van der Waals surface area contributed by atoms with Crippen molar-refractivity contribution < 1.29 is 9.84 Å². The Hall–Kier alpha value is -0.600. The largest absolute Gasteiger partial charge is 0.365 e. The van der Waals surface area contributed by atoms with Gasteiger partial charge in [0.2, 0.25) is 0 Å². The molecule has 0 amide bonds. The minimum Gasteiger partial charge on any atom is -0.365 e. The van der Waals surface area contributed by atoms with E-state index >= 15 is 0 Å². The average molecular weight is 156 g/mol. The number of unbranched alkanes of at least 4 members (excludes halogenated alkanes) is 1. The van der Waals surface area contributed by atoms with Crippen LogP contribution < -0.4 is 0 Å². The molecular weight excluding hydrogens is 140 g/mol. The van der Waals surface area contributed by atoms with Gasteiger partial charge < -0.3 is 9.84 Å². The van der Waals surface area contributed by atoms with E-state index in [0.717, 1.165) is 12.8 Å². The Morgan fingerprint density at radius 2 is 2.36 bits per heavy atom. The summed E-state index contributed by atoms with van der Waals surface area (Å²) in [5, 5.41) is 9.05. The molecule has 0 aromatic rings. The zero-order chi connectivity index (χ0) is 8.53. The average Bonchev–Trinajstić information content (AvgIpc) is 2.01. The van der Waals surface area contributed by atoms with E-state index in [1.807, 2.05) is 0 Å². The second kappa shape index (κ2) is 7.51. The molecule has 0 bridgehead atoms. The maximum Gasteiger partial charge on any atom is 0.174 e. The summed E-state index contributed by atoms with van der Waals surface area (Å²) < 4.78 is 5.01. The third kappa shape index (κ3) is 7.30. The molecule has 0 aromatic carbocycles. The molecule has 0 aliphatic carbocycles. The first-order valence-corrected chi connectivity index (χ1v) is 3.90. The molecule has 0 aliphatic rings. The third-order valence-electron chi connectivity index (χ3n) is 1.20. The van der Waals surface area contributed by atoms with Gasteiger partial charge in [-0.05, 0) is 12.5 Å². The monoisotopic (exact) mass is 156 g/mol. The molecule has 0 heterocycles. The Kier molecular flexibility index (Phi) is 7.10. The van der Waals surface area contributed by atoms with Crippen LogP contribution in [0.15, 0.2) is 24.8 Å². The first-order chi connectivity index (χ1) is 5.31. The first-order valence-electron chi connectivity index (χ1n) is 3.90. The highest BCUT2D eigenvalue weighted by atomic mass is 16.6. The van der Waals surface area contributed by atoms with Gasteiger partial charge in [-0.2, -0.15) is 0 Å². The molecule has 1 atom stereocenters. The van der Waals surface area contributed by atoms with Gasteiger partial charge in [0, 0.05) is 0 Å². The van der Waals surface area contributed by atoms with E-state index in [0.29, 0.717) is 6.61 Å². The lowest BCUT2D eigenvalue weighted by Crippen LogP contribution is -2.08. The highest BCUT2D eigenvalue weighted by Gasteiger charge is 1.95. The quantitative estimate of drug-likeness (QED) is 0.361. The Bertz CT molecular complexity index is 119. The Morgan fingerprint density at radius 3 is 2.91 bits per heavy atom. The molecule has 2 heteroatoms. The molecule has 0 aliphatic heterocycles. The van der Waals surface area contributed by atoms with Gasteiger partial charge >= 0.3 is 0 Å². The lowest BCUT2D eigenvalue weighted by atomic mass is 10.4. The number of aliphatic hydroxyl groups excluding tert-OH is 1. The van der Waals surface area contributed by atoms with E-state index in [4.69, 9.17) is 9.84 Å². The van der Waals surface area contributed by atoms with Crippen molar-refractivity contribution in [1.29, 1.82) is 0 Å². The van der Waals surface area contributed by atoms with Gasteiger partial charge in [-0.3, -0.25) is 0 Å². The van der Waals surface area contributed by atoms with Gasteiger partial charge in [-0.15, -0.1) is 0 Å². The number of hydrogen-bond acceptors (Lipinski definition) is 2. The van der Waals surface area contributed by atoms with Crippen molar-refractivity contribution in [1.82, 2.24) is 0 Å². The fourth-order valence-electron chi connectivity index (χ4n) is 0.578. The van der Waals surface area contributed by atoms with Crippen LogP contribution in [-0.2, 0) is 4.74 Å². The summed E-state index contributed by atoms with van der Waals surface area (Å²) in [7, 11) is 0. The lowest BCUT2D eigenvalue weighted by molar-refractivity contribution is -0.0647. The van der Waals surface area contributed by atoms with E-state index in [2.05, 4.69) is 13.5 Å². The maximum absolute atomic E-state index is 9.05. The molecule has 0 saturated heterocycles. The summed E-state index contributed by atoms with van der Waals surface area (Å²) in [5.74, 6) is 0. The maximum atomic E-state index is 9.05. The van der Waals surface area contributed by atoms with Crippen LogP contribution in [0.5, 0.6) is 0 Å². The Morgan fingerprint density at radius 1 is 1.64 bits per heavy atom. The molecule has 0 saturated carbocycles. The third-order valence-corrected chi connectivity index (χ3v) is 1.20. The second-order valence-corrected chi connectivity index (χ2v) is 2.24. The van der Waals surface area contributed by atoms with Crippen molar-refractivity contribution in [3.05, 3.63) is 24.8 Å². The number of ether oxygens (including phenoxy) is 1. The summed E-state index contributed by atoms with van der Waals surface area (Å²) in [4.78, 5) is 0. The van der Waals surface area contributed by atoms with Crippen molar-refractivity contribution in [2.24, 2.45) is 0 Å². The van der Waals surface area contributed by atoms with Crippen LogP contribution in [0.2, 0.25) is 0 Å². The van der Waals surface area contributed by atoms with Crippen LogP contribution in [-0.4, -0.2) is 18.0 Å². The van der Waals surface area contributed by atoms with Gasteiger partial charge in [0.15, 0.2) is 6.29 Å². The van der Waals surface area contributed by atoms with E-state index in [1.54, 1.807) is 18.2 Å². The number of rotatable bonds is 6. The predicted molar refractivity (Wildman–Crippen MR) is 46.2 cm³/mol. The van der Waals surface area contributed by atoms with Crippen LogP contribution in [0.4, 0.5) is 0 Å². The fourth-order valence-corrected chi connectivity index (χ4v) is 0.578. The smallest absolute Gasteiger partial charge is 0.174 e. The Balaban J connectivity index is 3.28. The minimum atomic E-state index is -0.778. The second-order valence-electron chi connectivity index (χ2n) is 2.24. The van der Waals surface area contributed by atoms with Crippen molar-refractivity contribution >= 4 is 0 Å². The van der Waals surface area contributed by atoms with E-state index < -0.39 is 6.29 Å². The molecule has 64 valence electrons. The molecule has 0 rings (SSSR count). The summed E-state index contributed by atoms with van der Waals surface area (Å²) in [6.45, 7) is 6.16. The number of hydrogen-bond donors (Lipinski definition) is 1. The van der Waals surface area contributed by atoms with Crippen LogP contribution in [0, 0.1) is 0 Å². The summed E-state index contributed by atoms with van der Waals surface area (Å²) >= 11 is 0. The van der Waals surface area contributed by atoms with Crippen LogP contribution in [0.25, 0.3) is 0 Å². The molecule has 1 N–H and O–H groups in total. The van der Waals surface area contributed by atoms with Crippen molar-refractivity contribution in [2.75, 3.05) is 6.61 Å². The van der Waals surface area contributed by atoms with Gasteiger partial charge in [0.25, 0.3) is 0 Å². The van der Waals surface area contributed by atoms with Crippen molar-refractivity contribution in [3.8, 4) is 0 Å². The topological polar surface area (TPSA) is 29.5 Å². The summed E-state index contributed by atoms with van der Waals surface area (Å²) in [6, 6.07) is 0. The lowest BCUT2D eigenvalue weighted by Gasteiger charge is -2.05. The molecule has 0 radical (unpaired) electrons. The zero-order valence-electron chi connectivity index (χ0n) is 6.99. The fraction of sp³-hybridized carbons (Fsp3) is 0.556. The number of allylic oxidation sites excluding steroid dienone is 2. The summed E-state index contributed by atoms with van der Waals surface area (Å²) in [6.07, 6.45) is 6.11. The molecule has 0 spiro atoms. The first kappa shape index (κ1) is 10.4. The highest BCUT2D eigenvalue weighted by molar-refractivity contribution is 4.98. The summed E-state index contributed by atoms with van der Waals surface area (Å²) in [5.41, 5.74) is 0. The molecule has 0 fully saturated rings. The van der Waals surface area contributed by atoms with Crippen molar-refractivity contribution in [2.45, 2.75) is 26.1 Å². The highest BCUT2D eigenvalue weighted by Crippen LogP contribution is 1.93. The Labute approximate surface area is 68.2 Å². The van der Waals surface area contributed by atoms with Crippen LogP contribution in [0.1, 0.15) is 19.8 Å². The van der Waals surface area contributed by atoms with Crippen LogP contribution >= 0.6 is 0 Å². The van der Waals surface area contributed by atoms with Gasteiger partial charge in [-0.25, -0.2) is 0 Å². The predicted octanol–water partition coefficient (Wildman–Crippen LogP) is 1.86. The number of aliphatic hydroxyl groups is 1. The molecule has 0 aromatic heterocycles. The van der Waals surface area contributed by atoms with E-state index in [-0.39, 0.29) is 0 Å². The molecule has 1 unspecified atom stereocenters. The van der Waals surface area contributed by atoms with Crippen molar-refractivity contribution in [3.63, 3.8) is 0 Å². The van der Waals surface area contributed by atoms with E-state index in [1.165, 1.54) is 0 Å². The standard InChI is InChI=1S/C9H16O2/c1-3-5-7-9(10)11-8-6-4-2/h3,5,7,9-10H,1,4,6,8H2,2H3. The molecule has 11 heavy (non-hydrogen) atoms. The van der Waals surface area contributed by atoms with E-state index in [9.17, 15) is 0 Å². The SMILES string of the molecule is C=CC=CC(O)OCCCC. The molecule has 2 nitrogen and oxygen atoms in total.